The van der Waals surface area contributed by atoms with Crippen molar-refractivity contribution >= 4 is 35.5 Å². The van der Waals surface area contributed by atoms with Crippen LogP contribution in [0.5, 0.6) is 0 Å². The summed E-state index contributed by atoms with van der Waals surface area (Å²) in [6.07, 6.45) is 3.64. The SMILES string of the molecule is CSCCC(NC(=O)CN)C(=O)NC(Cc1cnc[nH]1)C(=O)NC(C(=O)O)C(C)O. The number of aliphatic carboxylic acids is 1. The van der Waals surface area contributed by atoms with E-state index >= 15 is 0 Å². The molecule has 1 aromatic rings. The molecule has 0 aliphatic carbocycles. The summed E-state index contributed by atoms with van der Waals surface area (Å²) in [5.74, 6) is -2.79. The number of aromatic nitrogens is 2. The van der Waals surface area contributed by atoms with Gasteiger partial charge in [0.05, 0.1) is 19.0 Å². The van der Waals surface area contributed by atoms with Crippen LogP contribution in [0, 0.1) is 0 Å². The van der Waals surface area contributed by atoms with Crippen LogP contribution in [0.25, 0.3) is 0 Å². The topological polar surface area (TPSA) is 200 Å². The van der Waals surface area contributed by atoms with E-state index in [1.165, 1.54) is 31.2 Å². The van der Waals surface area contributed by atoms with E-state index in [1.807, 2.05) is 6.26 Å². The van der Waals surface area contributed by atoms with Gasteiger partial charge in [-0.2, -0.15) is 11.8 Å². The third-order valence-corrected chi connectivity index (χ3v) is 4.75. The van der Waals surface area contributed by atoms with Crippen LogP contribution in [-0.2, 0) is 25.6 Å². The van der Waals surface area contributed by atoms with E-state index in [9.17, 15) is 29.4 Å². The molecule has 0 saturated carbocycles. The van der Waals surface area contributed by atoms with Gasteiger partial charge in [-0.1, -0.05) is 0 Å². The van der Waals surface area contributed by atoms with Gasteiger partial charge in [-0.05, 0) is 25.4 Å². The van der Waals surface area contributed by atoms with Gasteiger partial charge >= 0.3 is 5.97 Å². The number of imidazole rings is 1. The van der Waals surface area contributed by atoms with Gasteiger partial charge < -0.3 is 36.9 Å². The highest BCUT2D eigenvalue weighted by molar-refractivity contribution is 7.98. The van der Waals surface area contributed by atoms with Crippen molar-refractivity contribution in [2.75, 3.05) is 18.6 Å². The molecular weight excluding hydrogens is 416 g/mol. The molecule has 0 fully saturated rings. The molecule has 4 atom stereocenters. The lowest BCUT2D eigenvalue weighted by Gasteiger charge is -2.25. The number of carboxylic acid groups (broad SMARTS) is 1. The lowest BCUT2D eigenvalue weighted by atomic mass is 10.1. The van der Waals surface area contributed by atoms with Crippen molar-refractivity contribution < 1.29 is 29.4 Å². The van der Waals surface area contributed by atoms with E-state index in [0.29, 0.717) is 17.9 Å². The van der Waals surface area contributed by atoms with Crippen molar-refractivity contribution in [1.82, 2.24) is 25.9 Å². The van der Waals surface area contributed by atoms with Crippen LogP contribution in [0.1, 0.15) is 19.0 Å². The standard InChI is InChI=1S/C17H28N6O6S/c1-9(24)14(17(28)29)23-16(27)12(5-10-7-19-8-20-10)22-15(26)11(3-4-30-2)21-13(25)6-18/h7-9,11-12,14,24H,3-6,18H2,1-2H3,(H,19,20)(H,21,25)(H,22,26)(H,23,27)(H,28,29). The zero-order valence-electron chi connectivity index (χ0n) is 16.8. The molecule has 0 aliphatic heterocycles. The van der Waals surface area contributed by atoms with Gasteiger partial charge in [-0.15, -0.1) is 0 Å². The summed E-state index contributed by atoms with van der Waals surface area (Å²) in [5.41, 5.74) is 5.82. The predicted octanol–water partition coefficient (Wildman–Crippen LogP) is -2.42. The number of aromatic amines is 1. The zero-order valence-corrected chi connectivity index (χ0v) is 17.6. The first-order valence-electron chi connectivity index (χ1n) is 9.16. The van der Waals surface area contributed by atoms with E-state index in [0.717, 1.165) is 0 Å². The summed E-state index contributed by atoms with van der Waals surface area (Å²) < 4.78 is 0. The number of amides is 3. The van der Waals surface area contributed by atoms with Gasteiger partial charge in [-0.3, -0.25) is 14.4 Å². The molecule has 3 amide bonds. The molecule has 0 aromatic carbocycles. The largest absolute Gasteiger partial charge is 0.480 e. The Morgan fingerprint density at radius 2 is 1.87 bits per heavy atom. The van der Waals surface area contributed by atoms with Crippen LogP contribution in [-0.4, -0.2) is 86.7 Å². The Balaban J connectivity index is 2.99. The second kappa shape index (κ2) is 12.8. The molecule has 0 saturated heterocycles. The number of aliphatic hydroxyl groups excluding tert-OH is 1. The quantitative estimate of drug-likeness (QED) is 0.173. The van der Waals surface area contributed by atoms with Gasteiger partial charge in [-0.25, -0.2) is 9.78 Å². The summed E-state index contributed by atoms with van der Waals surface area (Å²) in [7, 11) is 0. The molecule has 0 bridgehead atoms. The molecule has 1 heterocycles. The maximum atomic E-state index is 12.7. The number of hydrogen-bond acceptors (Lipinski definition) is 8. The van der Waals surface area contributed by atoms with E-state index in [-0.39, 0.29) is 13.0 Å². The second-order valence-electron chi connectivity index (χ2n) is 6.51. The number of rotatable bonds is 13. The Hall–Kier alpha value is -2.64. The van der Waals surface area contributed by atoms with Gasteiger partial charge in [0.25, 0.3) is 0 Å². The highest BCUT2D eigenvalue weighted by atomic mass is 32.2. The zero-order chi connectivity index (χ0) is 22.7. The highest BCUT2D eigenvalue weighted by Crippen LogP contribution is 2.05. The number of carbonyl (C=O) groups excluding carboxylic acids is 3. The Bertz CT molecular complexity index is 714. The van der Waals surface area contributed by atoms with Crippen LogP contribution < -0.4 is 21.7 Å². The normalized spacial score (nSPS) is 14.8. The van der Waals surface area contributed by atoms with Gasteiger partial charge in [0.15, 0.2) is 6.04 Å². The minimum absolute atomic E-state index is 0.0101. The van der Waals surface area contributed by atoms with Gasteiger partial charge in [0.1, 0.15) is 12.1 Å². The van der Waals surface area contributed by atoms with Gasteiger partial charge in [0, 0.05) is 18.3 Å². The molecule has 4 unspecified atom stereocenters. The number of hydrogen-bond donors (Lipinski definition) is 7. The fourth-order valence-electron chi connectivity index (χ4n) is 2.50. The van der Waals surface area contributed by atoms with Crippen molar-refractivity contribution in [2.24, 2.45) is 5.73 Å². The molecule has 0 radical (unpaired) electrons. The smallest absolute Gasteiger partial charge is 0.328 e. The van der Waals surface area contributed by atoms with Crippen molar-refractivity contribution in [3.63, 3.8) is 0 Å². The first-order chi connectivity index (χ1) is 14.2. The second-order valence-corrected chi connectivity index (χ2v) is 7.50. The Morgan fingerprint density at radius 1 is 1.20 bits per heavy atom. The third-order valence-electron chi connectivity index (χ3n) is 4.11. The molecule has 12 nitrogen and oxygen atoms in total. The van der Waals surface area contributed by atoms with E-state index in [1.54, 1.807) is 0 Å². The molecule has 30 heavy (non-hydrogen) atoms. The summed E-state index contributed by atoms with van der Waals surface area (Å²) in [6.45, 7) is 0.929. The van der Waals surface area contributed by atoms with Crippen LogP contribution in [0.4, 0.5) is 0 Å². The number of thioether (sulfide) groups is 1. The molecule has 0 aliphatic rings. The number of aliphatic hydroxyl groups is 1. The minimum Gasteiger partial charge on any atom is -0.480 e. The maximum absolute atomic E-state index is 12.7. The van der Waals surface area contributed by atoms with E-state index in [2.05, 4.69) is 25.9 Å². The van der Waals surface area contributed by atoms with Crippen LogP contribution in [0.3, 0.4) is 0 Å². The number of nitrogens with zero attached hydrogens (tertiary/aromatic N) is 1. The van der Waals surface area contributed by atoms with Gasteiger partial charge in [0.2, 0.25) is 17.7 Å². The average Bonchev–Trinajstić information content (AvgIpc) is 3.20. The monoisotopic (exact) mass is 444 g/mol. The molecule has 13 heteroatoms. The van der Waals surface area contributed by atoms with Crippen molar-refractivity contribution in [2.45, 2.75) is 44.0 Å². The van der Waals surface area contributed by atoms with Crippen molar-refractivity contribution in [3.8, 4) is 0 Å². The minimum atomic E-state index is -1.55. The number of H-pyrrole nitrogens is 1. The molecule has 0 spiro atoms. The van der Waals surface area contributed by atoms with Crippen molar-refractivity contribution in [1.29, 1.82) is 0 Å². The van der Waals surface area contributed by atoms with Crippen LogP contribution in [0.15, 0.2) is 12.5 Å². The van der Waals surface area contributed by atoms with E-state index < -0.39 is 47.9 Å². The Morgan fingerprint density at radius 3 is 2.37 bits per heavy atom. The molecule has 1 rings (SSSR count). The summed E-state index contributed by atoms with van der Waals surface area (Å²) in [5, 5.41) is 26.1. The summed E-state index contributed by atoms with van der Waals surface area (Å²) in [6, 6.07) is -3.65. The van der Waals surface area contributed by atoms with Crippen LogP contribution in [0.2, 0.25) is 0 Å². The lowest BCUT2D eigenvalue weighted by Crippen LogP contribution is -2.58. The Kier molecular flexibility index (Phi) is 10.9. The fraction of sp³-hybridized carbons (Fsp3) is 0.588. The molecule has 8 N–H and O–H groups in total. The molecule has 1 aromatic heterocycles. The molecular formula is C17H28N6O6S. The predicted molar refractivity (Wildman–Crippen MR) is 109 cm³/mol. The number of nitrogens with two attached hydrogens (primary N) is 1. The van der Waals surface area contributed by atoms with E-state index in [4.69, 9.17) is 5.73 Å². The van der Waals surface area contributed by atoms with Crippen molar-refractivity contribution in [3.05, 3.63) is 18.2 Å². The highest BCUT2D eigenvalue weighted by Gasteiger charge is 2.31. The summed E-state index contributed by atoms with van der Waals surface area (Å²) in [4.78, 5) is 55.0. The maximum Gasteiger partial charge on any atom is 0.328 e. The number of carboxylic acids is 1. The first-order valence-corrected chi connectivity index (χ1v) is 10.6. The average molecular weight is 445 g/mol. The molecule has 168 valence electrons. The third kappa shape index (κ3) is 8.39. The number of nitrogens with one attached hydrogen (secondary N) is 4. The first kappa shape index (κ1) is 25.4. The fourth-order valence-corrected chi connectivity index (χ4v) is 2.97. The van der Waals surface area contributed by atoms with Crippen LogP contribution >= 0.6 is 11.8 Å². The Labute approximate surface area is 177 Å². The number of carbonyl (C=O) groups is 4. The summed E-state index contributed by atoms with van der Waals surface area (Å²) >= 11 is 1.48. The lowest BCUT2D eigenvalue weighted by molar-refractivity contribution is -0.145.